The van der Waals surface area contributed by atoms with E-state index < -0.39 is 0 Å². The van der Waals surface area contributed by atoms with Crippen LogP contribution in [0.2, 0.25) is 10.0 Å². The Morgan fingerprint density at radius 3 is 2.42 bits per heavy atom. The largest absolute Gasteiger partial charge is 0.493 e. The predicted molar refractivity (Wildman–Crippen MR) is 146 cm³/mol. The van der Waals surface area contributed by atoms with E-state index >= 15 is 0 Å². The third-order valence-corrected chi connectivity index (χ3v) is 6.17. The van der Waals surface area contributed by atoms with Gasteiger partial charge in [-0.3, -0.25) is 9.59 Å². The number of hydrazone groups is 1. The predicted octanol–water partition coefficient (Wildman–Crippen LogP) is 6.60. The van der Waals surface area contributed by atoms with Gasteiger partial charge in [0.1, 0.15) is 6.61 Å². The highest BCUT2D eigenvalue weighted by Crippen LogP contribution is 2.29. The molecule has 7 nitrogen and oxygen atoms in total. The van der Waals surface area contributed by atoms with Crippen LogP contribution in [0.15, 0.2) is 70.2 Å². The molecule has 0 spiro atoms. The van der Waals surface area contributed by atoms with Crippen molar-refractivity contribution in [1.29, 1.82) is 0 Å². The van der Waals surface area contributed by atoms with Crippen molar-refractivity contribution in [1.82, 2.24) is 5.43 Å². The van der Waals surface area contributed by atoms with Gasteiger partial charge < -0.3 is 14.8 Å². The van der Waals surface area contributed by atoms with Crippen LogP contribution < -0.4 is 20.2 Å². The summed E-state index contributed by atoms with van der Waals surface area (Å²) in [7, 11) is 1.54. The number of benzene rings is 3. The number of hydrogen-bond donors (Lipinski definition) is 2. The van der Waals surface area contributed by atoms with Gasteiger partial charge in [0.25, 0.3) is 0 Å². The summed E-state index contributed by atoms with van der Waals surface area (Å²) in [4.78, 5) is 24.0. The number of halogens is 3. The minimum atomic E-state index is -0.281. The number of anilines is 1. The van der Waals surface area contributed by atoms with Crippen LogP contribution in [0.4, 0.5) is 5.69 Å². The Balaban J connectivity index is 1.43. The first kappa shape index (κ1) is 27.5. The average Bonchev–Trinajstić information content (AvgIpc) is 2.86. The molecule has 2 amide bonds. The lowest BCUT2D eigenvalue weighted by Gasteiger charge is -2.11. The van der Waals surface area contributed by atoms with E-state index in [-0.39, 0.29) is 31.3 Å². The Morgan fingerprint density at radius 2 is 1.69 bits per heavy atom. The molecule has 2 N–H and O–H groups in total. The number of hydrogen-bond acceptors (Lipinski definition) is 5. The van der Waals surface area contributed by atoms with E-state index in [4.69, 9.17) is 32.7 Å². The molecule has 0 radical (unpaired) electrons. The molecule has 0 aliphatic heterocycles. The van der Waals surface area contributed by atoms with Crippen molar-refractivity contribution in [2.45, 2.75) is 25.9 Å². The first-order valence-electron chi connectivity index (χ1n) is 11.0. The molecule has 10 heteroatoms. The van der Waals surface area contributed by atoms with Gasteiger partial charge in [0.05, 0.1) is 23.4 Å². The highest BCUT2D eigenvalue weighted by molar-refractivity contribution is 9.10. The minimum absolute atomic E-state index is 0.151. The molecule has 0 fully saturated rings. The number of amides is 2. The van der Waals surface area contributed by atoms with Gasteiger partial charge in [-0.2, -0.15) is 5.10 Å². The van der Waals surface area contributed by atoms with Crippen LogP contribution in [-0.2, 0) is 16.2 Å². The Bertz CT molecular complexity index is 1240. The fourth-order valence-corrected chi connectivity index (χ4v) is 3.66. The molecular weight excluding hydrogens is 569 g/mol. The first-order chi connectivity index (χ1) is 17.3. The van der Waals surface area contributed by atoms with Crippen molar-refractivity contribution in [2.75, 3.05) is 12.4 Å². The molecule has 0 saturated carbocycles. The summed E-state index contributed by atoms with van der Waals surface area (Å²) in [6.45, 7) is 0.290. The highest BCUT2D eigenvalue weighted by Gasteiger charge is 2.08. The van der Waals surface area contributed by atoms with Crippen molar-refractivity contribution in [3.05, 3.63) is 86.3 Å². The number of nitrogens with one attached hydrogen (secondary N) is 2. The second-order valence-corrected chi connectivity index (χ2v) is 9.38. The Hall–Kier alpha value is -3.07. The number of carbonyl (C=O) groups is 2. The van der Waals surface area contributed by atoms with E-state index in [0.717, 1.165) is 10.0 Å². The van der Waals surface area contributed by atoms with E-state index in [2.05, 4.69) is 31.8 Å². The first-order valence-corrected chi connectivity index (χ1v) is 12.5. The quantitative estimate of drug-likeness (QED) is 0.194. The lowest BCUT2D eigenvalue weighted by atomic mass is 10.2. The molecule has 3 aromatic rings. The second-order valence-electron chi connectivity index (χ2n) is 7.65. The maximum Gasteiger partial charge on any atom is 0.240 e. The number of nitrogens with zero attached hydrogens (tertiary/aromatic N) is 1. The molecule has 0 aromatic heterocycles. The van der Waals surface area contributed by atoms with Gasteiger partial charge in [-0.1, -0.05) is 45.2 Å². The normalized spacial score (nSPS) is 10.8. The van der Waals surface area contributed by atoms with Gasteiger partial charge in [-0.05, 0) is 72.1 Å². The molecule has 0 unspecified atom stereocenters. The summed E-state index contributed by atoms with van der Waals surface area (Å²) in [5.74, 6) is 0.631. The molecule has 0 heterocycles. The Morgan fingerprint density at radius 1 is 0.944 bits per heavy atom. The van der Waals surface area contributed by atoms with Gasteiger partial charge >= 0.3 is 0 Å². The third-order valence-electron chi connectivity index (χ3n) is 4.90. The SMILES string of the molecule is COc1cc(/C=N\NC(=O)CCCC(=O)Nc2ccc(Br)cc2)ccc1OCc1ccc(Cl)c(Cl)c1. The Kier molecular flexibility index (Phi) is 10.6. The summed E-state index contributed by atoms with van der Waals surface area (Å²) >= 11 is 15.3. The molecule has 3 rings (SSSR count). The van der Waals surface area contributed by atoms with Gasteiger partial charge in [-0.25, -0.2) is 5.43 Å². The molecule has 0 bridgehead atoms. The maximum atomic E-state index is 12.0. The van der Waals surface area contributed by atoms with E-state index in [9.17, 15) is 9.59 Å². The smallest absolute Gasteiger partial charge is 0.240 e. The molecular formula is C26H24BrCl2N3O4. The summed E-state index contributed by atoms with van der Waals surface area (Å²) in [5, 5.41) is 7.71. The van der Waals surface area contributed by atoms with Crippen molar-refractivity contribution in [2.24, 2.45) is 5.10 Å². The molecule has 0 aliphatic rings. The average molecular weight is 593 g/mol. The highest BCUT2D eigenvalue weighted by atomic mass is 79.9. The van der Waals surface area contributed by atoms with Crippen LogP contribution in [0.3, 0.4) is 0 Å². The molecule has 36 heavy (non-hydrogen) atoms. The van der Waals surface area contributed by atoms with Crippen LogP contribution in [0.25, 0.3) is 0 Å². The minimum Gasteiger partial charge on any atom is -0.493 e. The van der Waals surface area contributed by atoms with Crippen LogP contribution in [0.1, 0.15) is 30.4 Å². The zero-order chi connectivity index (χ0) is 25.9. The number of carbonyl (C=O) groups excluding carboxylic acids is 2. The van der Waals surface area contributed by atoms with E-state index in [1.54, 1.807) is 42.5 Å². The van der Waals surface area contributed by atoms with Crippen molar-refractivity contribution >= 4 is 62.8 Å². The topological polar surface area (TPSA) is 89.0 Å². The van der Waals surface area contributed by atoms with E-state index in [1.165, 1.54) is 13.3 Å². The third kappa shape index (κ3) is 8.86. The number of rotatable bonds is 11. The zero-order valence-electron chi connectivity index (χ0n) is 19.4. The summed E-state index contributed by atoms with van der Waals surface area (Å²) in [6.07, 6.45) is 2.32. The molecule has 188 valence electrons. The zero-order valence-corrected chi connectivity index (χ0v) is 22.5. The monoisotopic (exact) mass is 591 g/mol. The number of methoxy groups -OCH3 is 1. The molecule has 3 aromatic carbocycles. The standard InChI is InChI=1S/C26H24BrCl2N3O4/c1-35-24-14-17(6-12-23(24)36-16-18-5-11-21(28)22(29)13-18)15-30-32-26(34)4-2-3-25(33)31-20-9-7-19(27)8-10-20/h5-15H,2-4,16H2,1H3,(H,31,33)(H,32,34)/b30-15-. The summed E-state index contributed by atoms with van der Waals surface area (Å²) in [5.41, 5.74) is 4.75. The van der Waals surface area contributed by atoms with Crippen LogP contribution in [0.5, 0.6) is 11.5 Å². The fraction of sp³-hybridized carbons (Fsp3) is 0.192. The van der Waals surface area contributed by atoms with Crippen LogP contribution in [0, 0.1) is 0 Å². The van der Waals surface area contributed by atoms with E-state index in [1.807, 2.05) is 18.2 Å². The van der Waals surface area contributed by atoms with Gasteiger partial charge in [0, 0.05) is 23.0 Å². The van der Waals surface area contributed by atoms with Gasteiger partial charge in [0.15, 0.2) is 11.5 Å². The van der Waals surface area contributed by atoms with Crippen LogP contribution in [-0.4, -0.2) is 25.1 Å². The van der Waals surface area contributed by atoms with Gasteiger partial charge in [0.2, 0.25) is 11.8 Å². The molecule has 0 aliphatic carbocycles. The van der Waals surface area contributed by atoms with Crippen molar-refractivity contribution < 1.29 is 19.1 Å². The Labute approximate surface area is 227 Å². The number of ether oxygens (including phenoxy) is 2. The summed E-state index contributed by atoms with van der Waals surface area (Å²) in [6, 6.07) is 17.9. The van der Waals surface area contributed by atoms with Gasteiger partial charge in [-0.15, -0.1) is 0 Å². The maximum absolute atomic E-state index is 12.0. The molecule has 0 atom stereocenters. The molecule has 0 saturated heterocycles. The van der Waals surface area contributed by atoms with Crippen molar-refractivity contribution in [3.63, 3.8) is 0 Å². The lowest BCUT2D eigenvalue weighted by Crippen LogP contribution is -2.18. The lowest BCUT2D eigenvalue weighted by molar-refractivity contribution is -0.121. The second kappa shape index (κ2) is 13.9. The van der Waals surface area contributed by atoms with Crippen LogP contribution >= 0.6 is 39.1 Å². The fourth-order valence-electron chi connectivity index (χ4n) is 3.08. The summed E-state index contributed by atoms with van der Waals surface area (Å²) < 4.78 is 12.2. The van der Waals surface area contributed by atoms with E-state index in [0.29, 0.717) is 39.2 Å². The van der Waals surface area contributed by atoms with Crippen molar-refractivity contribution in [3.8, 4) is 11.5 Å².